The summed E-state index contributed by atoms with van der Waals surface area (Å²) >= 11 is 0. The molecule has 0 bridgehead atoms. The molecule has 4 heteroatoms. The molecule has 2 rings (SSSR count). The summed E-state index contributed by atoms with van der Waals surface area (Å²) in [5.74, 6) is -0.319. The molecule has 22 heavy (non-hydrogen) atoms. The minimum atomic E-state index is -0.319. The molecule has 0 aliphatic rings. The van der Waals surface area contributed by atoms with Crippen LogP contribution in [0.1, 0.15) is 35.6 Å². The monoisotopic (exact) mass is 298 g/mol. The van der Waals surface area contributed by atoms with Crippen molar-refractivity contribution in [3.8, 4) is 6.07 Å². The van der Waals surface area contributed by atoms with Gasteiger partial charge in [0.05, 0.1) is 11.6 Å². The number of nitriles is 1. The van der Waals surface area contributed by atoms with Gasteiger partial charge in [-0.1, -0.05) is 30.3 Å². The first-order chi connectivity index (χ1) is 10.7. The lowest BCUT2D eigenvalue weighted by atomic mass is 10.0. The van der Waals surface area contributed by atoms with Gasteiger partial charge in [0.1, 0.15) is 5.82 Å². The molecule has 0 saturated heterocycles. The van der Waals surface area contributed by atoms with Crippen molar-refractivity contribution in [2.75, 3.05) is 6.61 Å². The highest BCUT2D eigenvalue weighted by atomic mass is 19.1. The molecule has 2 N–H and O–H groups in total. The molecule has 0 saturated carbocycles. The summed E-state index contributed by atoms with van der Waals surface area (Å²) < 4.78 is 13.8. The summed E-state index contributed by atoms with van der Waals surface area (Å²) in [6.07, 6.45) is 1.44. The Balaban J connectivity index is 2.10. The first-order valence-electron chi connectivity index (χ1n) is 7.32. The van der Waals surface area contributed by atoms with Crippen LogP contribution in [0.5, 0.6) is 0 Å². The maximum atomic E-state index is 13.8. The first-order valence-corrected chi connectivity index (χ1v) is 7.32. The van der Waals surface area contributed by atoms with E-state index < -0.39 is 0 Å². The van der Waals surface area contributed by atoms with E-state index in [2.05, 4.69) is 5.32 Å². The van der Waals surface area contributed by atoms with Crippen LogP contribution in [0.3, 0.4) is 0 Å². The van der Waals surface area contributed by atoms with Crippen molar-refractivity contribution >= 4 is 0 Å². The van der Waals surface area contributed by atoms with E-state index in [1.54, 1.807) is 6.07 Å². The Bertz CT molecular complexity index is 637. The third-order valence-corrected chi connectivity index (χ3v) is 3.57. The zero-order valence-corrected chi connectivity index (χ0v) is 12.3. The molecule has 3 nitrogen and oxygen atoms in total. The fourth-order valence-electron chi connectivity index (χ4n) is 2.38. The lowest BCUT2D eigenvalue weighted by Gasteiger charge is -2.19. The van der Waals surface area contributed by atoms with E-state index in [9.17, 15) is 4.39 Å². The SMILES string of the molecule is N#Cc1ccc(F)c(CNC(CCCO)c2ccccc2)c1. The average Bonchev–Trinajstić information content (AvgIpc) is 2.57. The summed E-state index contributed by atoms with van der Waals surface area (Å²) in [5.41, 5.74) is 2.03. The van der Waals surface area contributed by atoms with Crippen LogP contribution in [0.15, 0.2) is 48.5 Å². The molecular weight excluding hydrogens is 279 g/mol. The Kier molecular flexibility index (Phi) is 6.08. The molecule has 1 unspecified atom stereocenters. The van der Waals surface area contributed by atoms with Gasteiger partial charge in [-0.3, -0.25) is 0 Å². The second-order valence-corrected chi connectivity index (χ2v) is 5.13. The minimum Gasteiger partial charge on any atom is -0.396 e. The third-order valence-electron chi connectivity index (χ3n) is 3.57. The summed E-state index contributed by atoms with van der Waals surface area (Å²) in [4.78, 5) is 0. The van der Waals surface area contributed by atoms with Crippen LogP contribution in [0, 0.1) is 17.1 Å². The van der Waals surface area contributed by atoms with E-state index in [4.69, 9.17) is 10.4 Å². The van der Waals surface area contributed by atoms with Crippen molar-refractivity contribution in [1.29, 1.82) is 5.26 Å². The van der Waals surface area contributed by atoms with Gasteiger partial charge in [-0.2, -0.15) is 5.26 Å². The predicted molar refractivity (Wildman–Crippen MR) is 83.5 cm³/mol. The van der Waals surface area contributed by atoms with Crippen molar-refractivity contribution < 1.29 is 9.50 Å². The minimum absolute atomic E-state index is 0.0403. The number of aliphatic hydroxyl groups excluding tert-OH is 1. The standard InChI is InChI=1S/C18H19FN2O/c19-17-9-8-14(12-20)11-16(17)13-21-18(7-4-10-22)15-5-2-1-3-6-15/h1-3,5-6,8-9,11,18,21-22H,4,7,10,13H2. The fourth-order valence-corrected chi connectivity index (χ4v) is 2.38. The van der Waals surface area contributed by atoms with Gasteiger partial charge in [0, 0.05) is 24.8 Å². The Hall–Kier alpha value is -2.22. The summed E-state index contributed by atoms with van der Waals surface area (Å²) in [6, 6.07) is 16.3. The molecule has 0 spiro atoms. The summed E-state index contributed by atoms with van der Waals surface area (Å²) in [6.45, 7) is 0.468. The molecule has 0 aliphatic carbocycles. The topological polar surface area (TPSA) is 56.0 Å². The highest BCUT2D eigenvalue weighted by molar-refractivity contribution is 5.33. The van der Waals surface area contributed by atoms with Crippen LogP contribution in [-0.2, 0) is 6.54 Å². The molecule has 0 amide bonds. The van der Waals surface area contributed by atoms with Crippen LogP contribution in [0.4, 0.5) is 4.39 Å². The molecule has 114 valence electrons. The number of nitrogens with zero attached hydrogens (tertiary/aromatic N) is 1. The highest BCUT2D eigenvalue weighted by Crippen LogP contribution is 2.19. The van der Waals surface area contributed by atoms with Gasteiger partial charge in [0.15, 0.2) is 0 Å². The molecule has 2 aromatic carbocycles. The largest absolute Gasteiger partial charge is 0.396 e. The van der Waals surface area contributed by atoms with E-state index in [0.717, 1.165) is 12.0 Å². The average molecular weight is 298 g/mol. The van der Waals surface area contributed by atoms with Crippen molar-refractivity contribution in [3.05, 3.63) is 71.0 Å². The zero-order valence-electron chi connectivity index (χ0n) is 12.3. The predicted octanol–water partition coefficient (Wildman–Crippen LogP) is 3.30. The number of hydrogen-bond acceptors (Lipinski definition) is 3. The van der Waals surface area contributed by atoms with Gasteiger partial charge < -0.3 is 10.4 Å². The third kappa shape index (κ3) is 4.39. The Morgan fingerprint density at radius 1 is 1.18 bits per heavy atom. The molecule has 2 aromatic rings. The number of nitrogens with one attached hydrogen (secondary N) is 1. The number of aliphatic hydroxyl groups is 1. The second-order valence-electron chi connectivity index (χ2n) is 5.13. The normalized spacial score (nSPS) is 11.9. The summed E-state index contributed by atoms with van der Waals surface area (Å²) in [7, 11) is 0. The van der Waals surface area contributed by atoms with Crippen LogP contribution in [0.25, 0.3) is 0 Å². The first kappa shape index (κ1) is 16.2. The van der Waals surface area contributed by atoms with Crippen LogP contribution < -0.4 is 5.32 Å². The number of rotatable bonds is 7. The van der Waals surface area contributed by atoms with Gasteiger partial charge in [-0.15, -0.1) is 0 Å². The molecule has 0 radical (unpaired) electrons. The highest BCUT2D eigenvalue weighted by Gasteiger charge is 2.12. The Labute approximate surface area is 130 Å². The van der Waals surface area contributed by atoms with E-state index in [1.807, 2.05) is 36.4 Å². The number of benzene rings is 2. The van der Waals surface area contributed by atoms with Gasteiger partial charge >= 0.3 is 0 Å². The van der Waals surface area contributed by atoms with E-state index in [1.165, 1.54) is 12.1 Å². The molecule has 0 aliphatic heterocycles. The maximum Gasteiger partial charge on any atom is 0.127 e. The van der Waals surface area contributed by atoms with Crippen molar-refractivity contribution in [3.63, 3.8) is 0 Å². The van der Waals surface area contributed by atoms with Crippen LogP contribution >= 0.6 is 0 Å². The van der Waals surface area contributed by atoms with Gasteiger partial charge in [-0.05, 0) is 36.6 Å². The number of halogens is 1. The van der Waals surface area contributed by atoms with Gasteiger partial charge in [0.2, 0.25) is 0 Å². The molecule has 1 atom stereocenters. The lowest BCUT2D eigenvalue weighted by Crippen LogP contribution is -2.22. The maximum absolute atomic E-state index is 13.8. The molecular formula is C18H19FN2O. The molecule has 0 heterocycles. The number of hydrogen-bond donors (Lipinski definition) is 2. The molecule has 0 aromatic heterocycles. The van der Waals surface area contributed by atoms with Crippen LogP contribution in [-0.4, -0.2) is 11.7 Å². The fraction of sp³-hybridized carbons (Fsp3) is 0.278. The quantitative estimate of drug-likeness (QED) is 0.824. The van der Waals surface area contributed by atoms with E-state index >= 15 is 0 Å². The van der Waals surface area contributed by atoms with E-state index in [-0.39, 0.29) is 18.5 Å². The van der Waals surface area contributed by atoms with Gasteiger partial charge in [-0.25, -0.2) is 4.39 Å². The lowest BCUT2D eigenvalue weighted by molar-refractivity contribution is 0.274. The van der Waals surface area contributed by atoms with E-state index in [0.29, 0.717) is 24.1 Å². The van der Waals surface area contributed by atoms with Crippen molar-refractivity contribution in [1.82, 2.24) is 5.32 Å². The Morgan fingerprint density at radius 3 is 2.64 bits per heavy atom. The van der Waals surface area contributed by atoms with Crippen molar-refractivity contribution in [2.24, 2.45) is 0 Å². The Morgan fingerprint density at radius 2 is 1.95 bits per heavy atom. The smallest absolute Gasteiger partial charge is 0.127 e. The van der Waals surface area contributed by atoms with Crippen LogP contribution in [0.2, 0.25) is 0 Å². The summed E-state index contributed by atoms with van der Waals surface area (Å²) in [5, 5.41) is 21.3. The zero-order chi connectivity index (χ0) is 15.8. The second kappa shape index (κ2) is 8.28. The van der Waals surface area contributed by atoms with Crippen molar-refractivity contribution in [2.45, 2.75) is 25.4 Å². The molecule has 0 fully saturated rings. The van der Waals surface area contributed by atoms with Gasteiger partial charge in [0.25, 0.3) is 0 Å².